The Morgan fingerprint density at radius 2 is 1.50 bits per heavy atom. The molecule has 0 bridgehead atoms. The molecule has 1 amide bonds. The first-order chi connectivity index (χ1) is 11.3. The smallest absolute Gasteiger partial charge is 0.407 e. The van der Waals surface area contributed by atoms with Gasteiger partial charge in [-0.25, -0.2) is 4.79 Å². The molecule has 0 aliphatic heterocycles. The number of nitrogens with one attached hydrogen (secondary N) is 1. The number of rotatable bonds is 5. The molecule has 1 aromatic rings. The zero-order valence-corrected chi connectivity index (χ0v) is 16.3. The van der Waals surface area contributed by atoms with Gasteiger partial charge in [-0.05, 0) is 38.3 Å². The molecule has 5 heteroatoms. The molecule has 0 aliphatic rings. The lowest BCUT2D eigenvalue weighted by Gasteiger charge is -2.19. The van der Waals surface area contributed by atoms with Crippen molar-refractivity contribution >= 4 is 6.09 Å². The van der Waals surface area contributed by atoms with E-state index >= 15 is 0 Å². The average Bonchev–Trinajstić information content (AvgIpc) is 2.55. The zero-order chi connectivity index (χ0) is 19.0. The molecule has 0 spiro atoms. The van der Waals surface area contributed by atoms with Crippen LogP contribution in [0.4, 0.5) is 4.79 Å². The van der Waals surface area contributed by atoms with Crippen molar-refractivity contribution in [3.05, 3.63) is 35.4 Å². The van der Waals surface area contributed by atoms with Gasteiger partial charge >= 0.3 is 6.09 Å². The van der Waals surface area contributed by atoms with E-state index in [2.05, 4.69) is 24.4 Å². The topological polar surface area (TPSA) is 90.4 Å². The zero-order valence-electron chi connectivity index (χ0n) is 16.3. The summed E-state index contributed by atoms with van der Waals surface area (Å²) < 4.78 is 5.17. The number of ether oxygens (including phenoxy) is 1. The molecule has 0 heterocycles. The second-order valence-electron chi connectivity index (χ2n) is 6.00. The minimum absolute atomic E-state index is 0.375. The molecule has 1 rings (SSSR count). The van der Waals surface area contributed by atoms with Crippen molar-refractivity contribution in [2.24, 2.45) is 11.5 Å². The number of amides is 1. The van der Waals surface area contributed by atoms with Gasteiger partial charge in [0.2, 0.25) is 0 Å². The van der Waals surface area contributed by atoms with Gasteiger partial charge in [-0.15, -0.1) is 0 Å². The van der Waals surface area contributed by atoms with Crippen molar-refractivity contribution in [1.82, 2.24) is 5.32 Å². The van der Waals surface area contributed by atoms with E-state index in [1.54, 1.807) is 0 Å². The van der Waals surface area contributed by atoms with Crippen molar-refractivity contribution in [2.45, 2.75) is 66.5 Å². The molecule has 0 saturated heterocycles. The number of nitrogens with two attached hydrogens (primary N) is 2. The van der Waals surface area contributed by atoms with Gasteiger partial charge in [0.05, 0.1) is 0 Å². The number of hydrogen-bond donors (Lipinski definition) is 3. The quantitative estimate of drug-likeness (QED) is 0.764. The summed E-state index contributed by atoms with van der Waals surface area (Å²) in [7, 11) is 0. The maximum absolute atomic E-state index is 11.5. The van der Waals surface area contributed by atoms with Crippen LogP contribution in [0.5, 0.6) is 0 Å². The van der Waals surface area contributed by atoms with Gasteiger partial charge in [0.15, 0.2) is 0 Å². The molecular formula is C19H37N3O2. The molecule has 5 N–H and O–H groups in total. The Morgan fingerprint density at radius 1 is 1.04 bits per heavy atom. The standard InChI is InChI=1S/C15H23NO2.C2H8N2.C2H6/c1-5-6-12-7-9-13(10-8-12)11-16-14(17)18-15(2,3)4;3-1-2-4;1-2/h7-10H,5-6,11H2,1-4H3,(H,16,17);1-4H2;1-2H3. The fourth-order valence-electron chi connectivity index (χ4n) is 1.60. The Labute approximate surface area is 148 Å². The fourth-order valence-corrected chi connectivity index (χ4v) is 1.60. The lowest BCUT2D eigenvalue weighted by Crippen LogP contribution is -2.32. The third-order valence-electron chi connectivity index (χ3n) is 2.56. The number of carbonyl (C=O) groups is 1. The van der Waals surface area contributed by atoms with E-state index in [1.807, 2.05) is 46.8 Å². The first-order valence-corrected chi connectivity index (χ1v) is 8.77. The van der Waals surface area contributed by atoms with Gasteiger partial charge in [-0.2, -0.15) is 0 Å². The van der Waals surface area contributed by atoms with E-state index in [1.165, 1.54) is 5.56 Å². The number of carbonyl (C=O) groups excluding carboxylic acids is 1. The van der Waals surface area contributed by atoms with Gasteiger partial charge in [0.25, 0.3) is 0 Å². The minimum atomic E-state index is -0.449. The van der Waals surface area contributed by atoms with Crippen LogP contribution in [0, 0.1) is 0 Å². The van der Waals surface area contributed by atoms with Crippen LogP contribution in [0.15, 0.2) is 24.3 Å². The van der Waals surface area contributed by atoms with E-state index in [4.69, 9.17) is 16.2 Å². The molecule has 0 aliphatic carbocycles. The van der Waals surface area contributed by atoms with Gasteiger partial charge in [0, 0.05) is 19.6 Å². The third-order valence-corrected chi connectivity index (χ3v) is 2.56. The number of benzene rings is 1. The van der Waals surface area contributed by atoms with E-state index in [0.717, 1.165) is 18.4 Å². The highest BCUT2D eigenvalue weighted by Crippen LogP contribution is 2.08. The molecular weight excluding hydrogens is 302 g/mol. The summed E-state index contributed by atoms with van der Waals surface area (Å²) in [6, 6.07) is 8.30. The Balaban J connectivity index is 0. The predicted molar refractivity (Wildman–Crippen MR) is 103 cm³/mol. The fraction of sp³-hybridized carbons (Fsp3) is 0.632. The number of alkyl carbamates (subject to hydrolysis) is 1. The molecule has 0 atom stereocenters. The summed E-state index contributed by atoms with van der Waals surface area (Å²) in [4.78, 5) is 11.5. The summed E-state index contributed by atoms with van der Waals surface area (Å²) in [6.07, 6.45) is 1.87. The van der Waals surface area contributed by atoms with Crippen LogP contribution in [0.2, 0.25) is 0 Å². The van der Waals surface area contributed by atoms with Crippen LogP contribution < -0.4 is 16.8 Å². The predicted octanol–water partition coefficient (Wildman–Crippen LogP) is 3.59. The first kappa shape index (κ1) is 24.7. The van der Waals surface area contributed by atoms with Crippen molar-refractivity contribution < 1.29 is 9.53 Å². The van der Waals surface area contributed by atoms with Gasteiger partial charge in [0.1, 0.15) is 5.60 Å². The van der Waals surface area contributed by atoms with E-state index in [0.29, 0.717) is 19.6 Å². The molecule has 0 unspecified atom stereocenters. The Hall–Kier alpha value is -1.59. The van der Waals surface area contributed by atoms with E-state index in [-0.39, 0.29) is 6.09 Å². The monoisotopic (exact) mass is 339 g/mol. The van der Waals surface area contributed by atoms with E-state index < -0.39 is 5.60 Å². The highest BCUT2D eigenvalue weighted by molar-refractivity contribution is 5.67. The maximum atomic E-state index is 11.5. The Kier molecular flexibility index (Phi) is 15.4. The largest absolute Gasteiger partial charge is 0.444 e. The van der Waals surface area contributed by atoms with Gasteiger partial charge < -0.3 is 21.5 Å². The average molecular weight is 340 g/mol. The van der Waals surface area contributed by atoms with Crippen LogP contribution in [-0.4, -0.2) is 24.8 Å². The van der Waals surface area contributed by atoms with Crippen LogP contribution in [0.25, 0.3) is 0 Å². The summed E-state index contributed by atoms with van der Waals surface area (Å²) in [5.74, 6) is 0. The second-order valence-corrected chi connectivity index (χ2v) is 6.00. The number of hydrogen-bond acceptors (Lipinski definition) is 4. The van der Waals surface area contributed by atoms with Crippen LogP contribution in [-0.2, 0) is 17.7 Å². The summed E-state index contributed by atoms with van der Waals surface area (Å²) in [5.41, 5.74) is 11.8. The first-order valence-electron chi connectivity index (χ1n) is 8.77. The molecule has 1 aromatic carbocycles. The lowest BCUT2D eigenvalue weighted by molar-refractivity contribution is 0.0523. The van der Waals surface area contributed by atoms with Crippen LogP contribution in [0.3, 0.4) is 0 Å². The van der Waals surface area contributed by atoms with Crippen molar-refractivity contribution in [3.8, 4) is 0 Å². The molecule has 0 fully saturated rings. The minimum Gasteiger partial charge on any atom is -0.444 e. The SMILES string of the molecule is CC.CCCc1ccc(CNC(=O)OC(C)(C)C)cc1.NCCN. The van der Waals surface area contributed by atoms with Crippen LogP contribution in [0.1, 0.15) is 59.1 Å². The number of aryl methyl sites for hydroxylation is 1. The van der Waals surface area contributed by atoms with Crippen LogP contribution >= 0.6 is 0 Å². The van der Waals surface area contributed by atoms with Crippen molar-refractivity contribution in [3.63, 3.8) is 0 Å². The third kappa shape index (κ3) is 15.3. The maximum Gasteiger partial charge on any atom is 0.407 e. The Morgan fingerprint density at radius 3 is 1.88 bits per heavy atom. The Bertz CT molecular complexity index is 410. The van der Waals surface area contributed by atoms with E-state index in [9.17, 15) is 4.79 Å². The molecule has 0 saturated carbocycles. The van der Waals surface area contributed by atoms with Crippen molar-refractivity contribution in [1.29, 1.82) is 0 Å². The van der Waals surface area contributed by atoms with Gasteiger partial charge in [-0.3, -0.25) is 0 Å². The molecule has 0 radical (unpaired) electrons. The second kappa shape index (κ2) is 15.0. The van der Waals surface area contributed by atoms with Crippen molar-refractivity contribution in [2.75, 3.05) is 13.1 Å². The van der Waals surface area contributed by atoms with Gasteiger partial charge in [-0.1, -0.05) is 51.5 Å². The highest BCUT2D eigenvalue weighted by Gasteiger charge is 2.15. The lowest BCUT2D eigenvalue weighted by atomic mass is 10.1. The summed E-state index contributed by atoms with van der Waals surface area (Å²) in [6.45, 7) is 13.4. The summed E-state index contributed by atoms with van der Waals surface area (Å²) in [5, 5.41) is 2.75. The highest BCUT2D eigenvalue weighted by atomic mass is 16.6. The molecule has 24 heavy (non-hydrogen) atoms. The molecule has 140 valence electrons. The summed E-state index contributed by atoms with van der Waals surface area (Å²) >= 11 is 0. The molecule has 0 aromatic heterocycles. The normalized spacial score (nSPS) is 9.83. The molecule has 5 nitrogen and oxygen atoms in total.